The first-order valence-electron chi connectivity index (χ1n) is 7.79. The number of hydrogen-bond acceptors (Lipinski definition) is 3. The molecule has 1 aromatic rings. The Morgan fingerprint density at radius 3 is 2.74 bits per heavy atom. The maximum Gasteiger partial charge on any atom is 0.313 e. The van der Waals surface area contributed by atoms with Crippen LogP contribution in [0.5, 0.6) is 0 Å². The molecule has 1 heterocycles. The van der Waals surface area contributed by atoms with Gasteiger partial charge in [0.1, 0.15) is 5.41 Å². The van der Waals surface area contributed by atoms with Gasteiger partial charge in [-0.15, -0.1) is 0 Å². The smallest absolute Gasteiger partial charge is 0.313 e. The van der Waals surface area contributed by atoms with Crippen LogP contribution in [0.25, 0.3) is 6.08 Å². The Balaban J connectivity index is 1.83. The van der Waals surface area contributed by atoms with Crippen LogP contribution in [0, 0.1) is 5.41 Å². The van der Waals surface area contributed by atoms with Gasteiger partial charge in [-0.3, -0.25) is 9.59 Å². The number of ether oxygens (including phenoxy) is 1. The highest BCUT2D eigenvalue weighted by Gasteiger charge is 2.46. The summed E-state index contributed by atoms with van der Waals surface area (Å²) in [5.41, 5.74) is 0.149. The third-order valence-corrected chi connectivity index (χ3v) is 4.22. The summed E-state index contributed by atoms with van der Waals surface area (Å²) < 4.78 is 5.04. The van der Waals surface area contributed by atoms with E-state index in [4.69, 9.17) is 4.74 Å². The van der Waals surface area contributed by atoms with E-state index in [0.29, 0.717) is 25.8 Å². The van der Waals surface area contributed by atoms with Crippen LogP contribution in [0.1, 0.15) is 24.8 Å². The van der Waals surface area contributed by atoms with Crippen molar-refractivity contribution in [2.24, 2.45) is 5.41 Å². The van der Waals surface area contributed by atoms with Crippen LogP contribution >= 0.6 is 0 Å². The summed E-state index contributed by atoms with van der Waals surface area (Å²) in [6.45, 7) is 0.855. The molecule has 0 aromatic heterocycles. The van der Waals surface area contributed by atoms with Crippen molar-refractivity contribution in [3.63, 3.8) is 0 Å². The molecule has 1 aliphatic heterocycles. The third-order valence-electron chi connectivity index (χ3n) is 4.22. The first kappa shape index (κ1) is 17.2. The van der Waals surface area contributed by atoms with Crippen LogP contribution in [0.4, 0.5) is 0 Å². The molecule has 1 fully saturated rings. The molecule has 0 radical (unpaired) electrons. The number of hydrogen-bond donors (Lipinski definition) is 1. The van der Waals surface area contributed by atoms with Crippen molar-refractivity contribution in [3.8, 4) is 0 Å². The van der Waals surface area contributed by atoms with E-state index in [-0.39, 0.29) is 19.1 Å². The maximum absolute atomic E-state index is 12.2. The average molecular weight is 317 g/mol. The van der Waals surface area contributed by atoms with Gasteiger partial charge in [0.05, 0.1) is 6.61 Å². The predicted octanol–water partition coefficient (Wildman–Crippen LogP) is 2.43. The summed E-state index contributed by atoms with van der Waals surface area (Å²) in [6.07, 6.45) is 5.45. The first-order valence-corrected chi connectivity index (χ1v) is 7.79. The number of aliphatic carboxylic acids is 1. The lowest BCUT2D eigenvalue weighted by atomic mass is 9.88. The summed E-state index contributed by atoms with van der Waals surface area (Å²) in [5, 5.41) is 9.41. The maximum atomic E-state index is 12.2. The van der Waals surface area contributed by atoms with Gasteiger partial charge >= 0.3 is 5.97 Å². The SMILES string of the molecule is COCC1(C(=O)O)CCN(C(=O)CC/C=C/c2ccccc2)C1. The zero-order valence-corrected chi connectivity index (χ0v) is 13.4. The molecule has 124 valence electrons. The van der Waals surface area contributed by atoms with Gasteiger partial charge < -0.3 is 14.7 Å². The molecule has 1 N–H and O–H groups in total. The molecular weight excluding hydrogens is 294 g/mol. The minimum Gasteiger partial charge on any atom is -0.481 e. The molecule has 0 spiro atoms. The van der Waals surface area contributed by atoms with E-state index in [1.54, 1.807) is 4.90 Å². The number of allylic oxidation sites excluding steroid dienone is 1. The topological polar surface area (TPSA) is 66.8 Å². The van der Waals surface area contributed by atoms with Crippen molar-refractivity contribution in [1.82, 2.24) is 4.90 Å². The lowest BCUT2D eigenvalue weighted by Crippen LogP contribution is -2.40. The molecule has 2 rings (SSSR count). The van der Waals surface area contributed by atoms with E-state index < -0.39 is 11.4 Å². The molecule has 1 atom stereocenters. The van der Waals surface area contributed by atoms with E-state index in [9.17, 15) is 14.7 Å². The summed E-state index contributed by atoms with van der Waals surface area (Å²) in [4.78, 5) is 25.3. The van der Waals surface area contributed by atoms with E-state index in [1.807, 2.05) is 42.5 Å². The Bertz CT molecular complexity index is 570. The number of carbonyl (C=O) groups excluding carboxylic acids is 1. The quantitative estimate of drug-likeness (QED) is 0.839. The number of methoxy groups -OCH3 is 1. The second kappa shape index (κ2) is 7.92. The number of likely N-dealkylation sites (tertiary alicyclic amines) is 1. The molecule has 1 saturated heterocycles. The molecule has 1 unspecified atom stereocenters. The van der Waals surface area contributed by atoms with Gasteiger partial charge in [0.2, 0.25) is 5.91 Å². The Kier molecular flexibility index (Phi) is 5.93. The zero-order chi connectivity index (χ0) is 16.7. The number of rotatable bonds is 7. The monoisotopic (exact) mass is 317 g/mol. The largest absolute Gasteiger partial charge is 0.481 e. The van der Waals surface area contributed by atoms with E-state index >= 15 is 0 Å². The highest BCUT2D eigenvalue weighted by atomic mass is 16.5. The van der Waals surface area contributed by atoms with Gasteiger partial charge in [-0.2, -0.15) is 0 Å². The lowest BCUT2D eigenvalue weighted by molar-refractivity contribution is -0.151. The van der Waals surface area contributed by atoms with Crippen LogP contribution in [0.15, 0.2) is 36.4 Å². The first-order chi connectivity index (χ1) is 11.1. The molecule has 0 saturated carbocycles. The molecule has 5 heteroatoms. The molecule has 23 heavy (non-hydrogen) atoms. The van der Waals surface area contributed by atoms with Crippen molar-refractivity contribution in [2.45, 2.75) is 19.3 Å². The lowest BCUT2D eigenvalue weighted by Gasteiger charge is -2.23. The van der Waals surface area contributed by atoms with Crippen LogP contribution < -0.4 is 0 Å². The predicted molar refractivity (Wildman–Crippen MR) is 87.9 cm³/mol. The van der Waals surface area contributed by atoms with Gasteiger partial charge in [0, 0.05) is 26.6 Å². The third kappa shape index (κ3) is 4.42. The van der Waals surface area contributed by atoms with Crippen LogP contribution in [0.2, 0.25) is 0 Å². The molecule has 1 aliphatic rings. The number of nitrogens with zero attached hydrogens (tertiary/aromatic N) is 1. The van der Waals surface area contributed by atoms with Crippen molar-refractivity contribution >= 4 is 18.0 Å². The van der Waals surface area contributed by atoms with Gasteiger partial charge in [0.15, 0.2) is 0 Å². The minimum atomic E-state index is -0.954. The van der Waals surface area contributed by atoms with Gasteiger partial charge in [-0.05, 0) is 18.4 Å². The highest BCUT2D eigenvalue weighted by molar-refractivity contribution is 5.81. The molecule has 5 nitrogen and oxygen atoms in total. The second-order valence-electron chi connectivity index (χ2n) is 5.94. The van der Waals surface area contributed by atoms with Crippen molar-refractivity contribution in [1.29, 1.82) is 0 Å². The molecule has 1 amide bonds. The standard InChI is InChI=1S/C18H23NO4/c1-23-14-18(17(21)22)11-12-19(13-18)16(20)10-6-5-9-15-7-3-2-4-8-15/h2-5,7-9H,6,10-14H2,1H3,(H,21,22)/b9-5+. The van der Waals surface area contributed by atoms with E-state index in [0.717, 1.165) is 5.56 Å². The van der Waals surface area contributed by atoms with Crippen LogP contribution in [0.3, 0.4) is 0 Å². The summed E-state index contributed by atoms with van der Waals surface area (Å²) in [6, 6.07) is 9.91. The van der Waals surface area contributed by atoms with Gasteiger partial charge in [-0.25, -0.2) is 0 Å². The summed E-state index contributed by atoms with van der Waals surface area (Å²) >= 11 is 0. The molecule has 1 aromatic carbocycles. The van der Waals surface area contributed by atoms with E-state index in [1.165, 1.54) is 7.11 Å². The Morgan fingerprint density at radius 2 is 2.09 bits per heavy atom. The second-order valence-corrected chi connectivity index (χ2v) is 5.94. The zero-order valence-electron chi connectivity index (χ0n) is 13.4. The number of carbonyl (C=O) groups is 2. The van der Waals surface area contributed by atoms with Crippen LogP contribution in [-0.4, -0.2) is 48.7 Å². The Hall–Kier alpha value is -2.14. The number of amides is 1. The molecular formula is C18H23NO4. The Labute approximate surface area is 136 Å². The summed E-state index contributed by atoms with van der Waals surface area (Å²) in [5.74, 6) is -0.888. The molecule has 0 aliphatic carbocycles. The highest BCUT2D eigenvalue weighted by Crippen LogP contribution is 2.31. The average Bonchev–Trinajstić information content (AvgIpc) is 2.98. The summed E-state index contributed by atoms with van der Waals surface area (Å²) in [7, 11) is 1.49. The van der Waals surface area contributed by atoms with Crippen molar-refractivity contribution < 1.29 is 19.4 Å². The molecule has 0 bridgehead atoms. The normalized spacial score (nSPS) is 21.0. The number of carboxylic acid groups (broad SMARTS) is 1. The van der Waals surface area contributed by atoms with Gasteiger partial charge in [-0.1, -0.05) is 42.5 Å². The fourth-order valence-corrected chi connectivity index (χ4v) is 2.86. The van der Waals surface area contributed by atoms with Gasteiger partial charge in [0.25, 0.3) is 0 Å². The fraction of sp³-hybridized carbons (Fsp3) is 0.444. The van der Waals surface area contributed by atoms with Crippen molar-refractivity contribution in [3.05, 3.63) is 42.0 Å². The minimum absolute atomic E-state index is 0.00180. The van der Waals surface area contributed by atoms with E-state index in [2.05, 4.69) is 0 Å². The van der Waals surface area contributed by atoms with Crippen LogP contribution in [-0.2, 0) is 14.3 Å². The number of benzene rings is 1. The van der Waals surface area contributed by atoms with Crippen molar-refractivity contribution in [2.75, 3.05) is 26.8 Å². The Morgan fingerprint density at radius 1 is 1.35 bits per heavy atom. The fourth-order valence-electron chi connectivity index (χ4n) is 2.86. The number of carboxylic acids is 1.